The van der Waals surface area contributed by atoms with Gasteiger partial charge in [0.25, 0.3) is 5.91 Å². The Hall–Kier alpha value is -3.29. The van der Waals surface area contributed by atoms with E-state index < -0.39 is 0 Å². The fourth-order valence-electron chi connectivity index (χ4n) is 2.75. The molecule has 0 saturated carbocycles. The highest BCUT2D eigenvalue weighted by molar-refractivity contribution is 5.92. The maximum absolute atomic E-state index is 12.2. The number of carbonyl (C=O) groups excluding carboxylic acids is 1. The molecule has 8 nitrogen and oxygen atoms in total. The molecule has 1 N–H and O–H groups in total. The Labute approximate surface area is 143 Å². The van der Waals surface area contributed by atoms with Crippen LogP contribution in [0.15, 0.2) is 49.2 Å². The van der Waals surface area contributed by atoms with Crippen LogP contribution in [0.4, 0.5) is 0 Å². The number of nitrogens with one attached hydrogen (secondary N) is 1. The van der Waals surface area contributed by atoms with Crippen molar-refractivity contribution in [3.05, 3.63) is 66.3 Å². The zero-order chi connectivity index (χ0) is 17.1. The number of fused-ring (bicyclic) bond motifs is 1. The molecule has 3 aromatic heterocycles. The Balaban J connectivity index is 1.35. The van der Waals surface area contributed by atoms with Gasteiger partial charge in [-0.3, -0.25) is 24.4 Å². The molecule has 4 heterocycles. The maximum atomic E-state index is 12.2. The molecule has 0 aliphatic carbocycles. The first-order valence-electron chi connectivity index (χ1n) is 7.94. The van der Waals surface area contributed by atoms with E-state index in [-0.39, 0.29) is 12.0 Å². The molecule has 0 fully saturated rings. The second-order valence-electron chi connectivity index (χ2n) is 5.71. The molecule has 4 rings (SSSR count). The van der Waals surface area contributed by atoms with E-state index in [0.717, 1.165) is 11.4 Å². The van der Waals surface area contributed by atoms with Crippen molar-refractivity contribution in [2.75, 3.05) is 0 Å². The molecule has 0 saturated heterocycles. The minimum absolute atomic E-state index is 0.0154. The van der Waals surface area contributed by atoms with Crippen LogP contribution in [-0.4, -0.2) is 36.7 Å². The van der Waals surface area contributed by atoms with Crippen LogP contribution in [0, 0.1) is 0 Å². The standard InChI is InChI=1S/C17H16N6O2/c24-17(21-10-12-9-19-5-6-20-12)16-8-13-7-15(11-23(13)22-16)25-14-1-3-18-4-2-14/h1-6,8-9,15H,7,10-11H2,(H,21,24)/t15-/m0/s1. The third kappa shape index (κ3) is 3.47. The van der Waals surface area contributed by atoms with Gasteiger partial charge in [-0.25, -0.2) is 0 Å². The van der Waals surface area contributed by atoms with Crippen molar-refractivity contribution in [3.63, 3.8) is 0 Å². The van der Waals surface area contributed by atoms with E-state index in [1.807, 2.05) is 22.9 Å². The first kappa shape index (κ1) is 15.3. The molecule has 8 heteroatoms. The highest BCUT2D eigenvalue weighted by Crippen LogP contribution is 2.21. The summed E-state index contributed by atoms with van der Waals surface area (Å²) in [7, 11) is 0. The molecule has 126 valence electrons. The van der Waals surface area contributed by atoms with Crippen molar-refractivity contribution in [2.45, 2.75) is 25.6 Å². The van der Waals surface area contributed by atoms with Crippen LogP contribution in [0.5, 0.6) is 5.75 Å². The van der Waals surface area contributed by atoms with Gasteiger partial charge >= 0.3 is 0 Å². The molecule has 0 unspecified atom stereocenters. The Bertz CT molecular complexity index is 842. The quantitative estimate of drug-likeness (QED) is 0.747. The van der Waals surface area contributed by atoms with E-state index in [0.29, 0.717) is 30.9 Å². The lowest BCUT2D eigenvalue weighted by molar-refractivity contribution is 0.0943. The van der Waals surface area contributed by atoms with Gasteiger partial charge in [0.2, 0.25) is 0 Å². The van der Waals surface area contributed by atoms with Crippen molar-refractivity contribution < 1.29 is 9.53 Å². The predicted molar refractivity (Wildman–Crippen MR) is 87.8 cm³/mol. The number of nitrogens with zero attached hydrogens (tertiary/aromatic N) is 5. The van der Waals surface area contributed by atoms with Crippen molar-refractivity contribution in [3.8, 4) is 5.75 Å². The molecule has 0 bridgehead atoms. The molecule has 0 aromatic carbocycles. The molecule has 3 aromatic rings. The summed E-state index contributed by atoms with van der Waals surface area (Å²) in [5.74, 6) is 0.562. The van der Waals surface area contributed by atoms with Gasteiger partial charge in [-0.15, -0.1) is 0 Å². The van der Waals surface area contributed by atoms with Gasteiger partial charge in [-0.05, 0) is 18.2 Å². The fraction of sp³-hybridized carbons (Fsp3) is 0.235. The highest BCUT2D eigenvalue weighted by Gasteiger charge is 2.26. The van der Waals surface area contributed by atoms with Gasteiger partial charge in [0, 0.05) is 36.9 Å². The SMILES string of the molecule is O=C(NCc1cnccn1)c1cc2n(n1)C[C@@H](Oc1ccncc1)C2. The summed E-state index contributed by atoms with van der Waals surface area (Å²) in [5.41, 5.74) is 2.10. The number of hydrogen-bond acceptors (Lipinski definition) is 6. The van der Waals surface area contributed by atoms with Crippen LogP contribution < -0.4 is 10.1 Å². The van der Waals surface area contributed by atoms with Crippen molar-refractivity contribution in [2.24, 2.45) is 0 Å². The van der Waals surface area contributed by atoms with Gasteiger partial charge in [-0.1, -0.05) is 0 Å². The molecule has 0 radical (unpaired) electrons. The summed E-state index contributed by atoms with van der Waals surface area (Å²) in [6.07, 6.45) is 8.93. The summed E-state index contributed by atoms with van der Waals surface area (Å²) >= 11 is 0. The molecule has 1 atom stereocenters. The van der Waals surface area contributed by atoms with Gasteiger partial charge in [-0.2, -0.15) is 5.10 Å². The van der Waals surface area contributed by atoms with Gasteiger partial charge in [0.05, 0.1) is 25.0 Å². The zero-order valence-corrected chi connectivity index (χ0v) is 13.4. The third-order valence-electron chi connectivity index (χ3n) is 3.91. The first-order valence-corrected chi connectivity index (χ1v) is 7.94. The molecule has 0 spiro atoms. The minimum atomic E-state index is -0.223. The number of carbonyl (C=O) groups is 1. The molecule has 25 heavy (non-hydrogen) atoms. The number of aromatic nitrogens is 5. The Kier molecular flexibility index (Phi) is 4.07. The second kappa shape index (κ2) is 6.68. The zero-order valence-electron chi connectivity index (χ0n) is 13.4. The number of hydrogen-bond donors (Lipinski definition) is 1. The van der Waals surface area contributed by atoms with Crippen LogP contribution in [0.25, 0.3) is 0 Å². The topological polar surface area (TPSA) is 94.8 Å². The average molecular weight is 336 g/mol. The van der Waals surface area contributed by atoms with Crippen molar-refractivity contribution >= 4 is 5.91 Å². The number of amides is 1. The summed E-state index contributed by atoms with van der Waals surface area (Å²) in [4.78, 5) is 24.3. The maximum Gasteiger partial charge on any atom is 0.272 e. The van der Waals surface area contributed by atoms with Crippen molar-refractivity contribution in [1.82, 2.24) is 30.0 Å². The lowest BCUT2D eigenvalue weighted by atomic mass is 10.2. The highest BCUT2D eigenvalue weighted by atomic mass is 16.5. The Morgan fingerprint density at radius 2 is 2.12 bits per heavy atom. The van der Waals surface area contributed by atoms with E-state index in [1.165, 1.54) is 0 Å². The smallest absolute Gasteiger partial charge is 0.272 e. The Morgan fingerprint density at radius 3 is 2.88 bits per heavy atom. The summed E-state index contributed by atoms with van der Waals surface area (Å²) in [6.45, 7) is 0.942. The van der Waals surface area contributed by atoms with E-state index in [4.69, 9.17) is 4.74 Å². The monoisotopic (exact) mass is 336 g/mol. The number of rotatable bonds is 5. The first-order chi connectivity index (χ1) is 12.3. The lowest BCUT2D eigenvalue weighted by Crippen LogP contribution is -2.25. The average Bonchev–Trinajstić information content (AvgIpc) is 3.20. The van der Waals surface area contributed by atoms with Crippen LogP contribution in [0.1, 0.15) is 21.9 Å². The van der Waals surface area contributed by atoms with Gasteiger partial charge in [0.15, 0.2) is 0 Å². The van der Waals surface area contributed by atoms with Crippen LogP contribution in [0.3, 0.4) is 0 Å². The second-order valence-corrected chi connectivity index (χ2v) is 5.71. The predicted octanol–water partition coefficient (Wildman–Crippen LogP) is 1.00. The molecule has 1 aliphatic heterocycles. The third-order valence-corrected chi connectivity index (χ3v) is 3.91. The lowest BCUT2D eigenvalue weighted by Gasteiger charge is -2.12. The number of ether oxygens (including phenoxy) is 1. The van der Waals surface area contributed by atoms with Crippen molar-refractivity contribution in [1.29, 1.82) is 0 Å². The minimum Gasteiger partial charge on any atom is -0.488 e. The van der Waals surface area contributed by atoms with Crippen LogP contribution >= 0.6 is 0 Å². The fourth-order valence-corrected chi connectivity index (χ4v) is 2.75. The molecule has 1 aliphatic rings. The van der Waals surface area contributed by atoms with Gasteiger partial charge in [0.1, 0.15) is 17.5 Å². The molecular weight excluding hydrogens is 320 g/mol. The molecule has 1 amide bonds. The van der Waals surface area contributed by atoms with Crippen LogP contribution in [0.2, 0.25) is 0 Å². The summed E-state index contributed by atoms with van der Waals surface area (Å²) in [6, 6.07) is 5.46. The number of pyridine rings is 1. The largest absolute Gasteiger partial charge is 0.488 e. The summed E-state index contributed by atoms with van der Waals surface area (Å²) < 4.78 is 7.73. The van der Waals surface area contributed by atoms with E-state index in [9.17, 15) is 4.79 Å². The van der Waals surface area contributed by atoms with Crippen LogP contribution in [-0.2, 0) is 19.5 Å². The Morgan fingerprint density at radius 1 is 1.24 bits per heavy atom. The van der Waals surface area contributed by atoms with E-state index in [2.05, 4.69) is 25.4 Å². The molecular formula is C17H16N6O2. The van der Waals surface area contributed by atoms with E-state index >= 15 is 0 Å². The normalized spacial score (nSPS) is 15.6. The van der Waals surface area contributed by atoms with E-state index in [1.54, 1.807) is 31.0 Å². The van der Waals surface area contributed by atoms with Gasteiger partial charge < -0.3 is 10.1 Å². The summed E-state index contributed by atoms with van der Waals surface area (Å²) in [5, 5.41) is 7.17.